The van der Waals surface area contributed by atoms with Gasteiger partial charge in [0.05, 0.1) is 34.4 Å². The van der Waals surface area contributed by atoms with Crippen LogP contribution in [0.15, 0.2) is 0 Å². The highest BCUT2D eigenvalue weighted by Gasteiger charge is 2.20. The molecule has 2 unspecified atom stereocenters. The quantitative estimate of drug-likeness (QED) is 0.0261. The Labute approximate surface area is 355 Å². The van der Waals surface area contributed by atoms with E-state index in [4.69, 9.17) is 18.5 Å². The van der Waals surface area contributed by atoms with Crippen molar-refractivity contribution in [2.24, 2.45) is 0 Å². The topological polar surface area (TPSA) is 94.1 Å². The fourth-order valence-electron chi connectivity index (χ4n) is 7.31. The summed E-state index contributed by atoms with van der Waals surface area (Å²) in [5.74, 6) is -0.331. The molecule has 8 nitrogen and oxygen atoms in total. The van der Waals surface area contributed by atoms with E-state index in [1.807, 2.05) is 21.1 Å². The lowest BCUT2D eigenvalue weighted by Gasteiger charge is -2.28. The number of quaternary nitrogens is 1. The van der Waals surface area contributed by atoms with Crippen molar-refractivity contribution >= 4 is 13.8 Å². The summed E-state index contributed by atoms with van der Waals surface area (Å²) in [6, 6.07) is 0. The zero-order chi connectivity index (χ0) is 42.0. The van der Waals surface area contributed by atoms with Crippen LogP contribution in [0, 0.1) is 0 Å². The summed E-state index contributed by atoms with van der Waals surface area (Å²) in [6.45, 7) is 5.45. The van der Waals surface area contributed by atoms with Crippen LogP contribution in [0.2, 0.25) is 0 Å². The first-order valence-electron chi connectivity index (χ1n) is 24.8. The Bertz CT molecular complexity index is 883. The van der Waals surface area contributed by atoms with E-state index in [1.165, 1.54) is 193 Å². The Kier molecular flexibility index (Phi) is 41.8. The molecule has 0 aliphatic heterocycles. The van der Waals surface area contributed by atoms with Crippen LogP contribution in [0.4, 0.5) is 0 Å². The monoisotopic (exact) mass is 832 g/mol. The largest absolute Gasteiger partial charge is 0.756 e. The Morgan fingerprint density at radius 3 is 1.16 bits per heavy atom. The van der Waals surface area contributed by atoms with Crippen LogP contribution in [0.3, 0.4) is 0 Å². The van der Waals surface area contributed by atoms with Gasteiger partial charge < -0.3 is 27.9 Å². The smallest absolute Gasteiger partial charge is 0.306 e. The molecule has 9 heteroatoms. The lowest BCUT2D eigenvalue weighted by atomic mass is 10.0. The molecule has 0 rings (SSSR count). The van der Waals surface area contributed by atoms with Crippen molar-refractivity contribution in [1.29, 1.82) is 0 Å². The zero-order valence-electron chi connectivity index (χ0n) is 38.8. The summed E-state index contributed by atoms with van der Waals surface area (Å²) >= 11 is 0. The molecule has 0 aliphatic rings. The van der Waals surface area contributed by atoms with Gasteiger partial charge in [0.1, 0.15) is 19.3 Å². The molecule has 0 fully saturated rings. The number of unbranched alkanes of at least 4 members (excludes halogenated alkanes) is 33. The van der Waals surface area contributed by atoms with Crippen LogP contribution in [-0.2, 0) is 27.9 Å². The number of phosphoric ester groups is 1. The number of phosphoric acid groups is 1. The molecule has 342 valence electrons. The number of likely N-dealkylation sites (N-methyl/N-ethyl adjacent to an activating group) is 1. The molecule has 2 atom stereocenters. The molecule has 57 heavy (non-hydrogen) atoms. The molecule has 0 aromatic heterocycles. The van der Waals surface area contributed by atoms with Crippen molar-refractivity contribution in [2.45, 2.75) is 251 Å². The first-order chi connectivity index (χ1) is 27.6. The summed E-state index contributed by atoms with van der Waals surface area (Å²) in [5.41, 5.74) is 0. The van der Waals surface area contributed by atoms with Crippen molar-refractivity contribution in [3.8, 4) is 0 Å². The predicted molar refractivity (Wildman–Crippen MR) is 241 cm³/mol. The summed E-state index contributed by atoms with van der Waals surface area (Å²) in [4.78, 5) is 25.0. The molecule has 0 N–H and O–H groups in total. The highest BCUT2D eigenvalue weighted by atomic mass is 31.2. The second kappa shape index (κ2) is 42.2. The third-order valence-electron chi connectivity index (χ3n) is 11.2. The molecule has 0 heterocycles. The summed E-state index contributed by atoms with van der Waals surface area (Å²) in [5, 5.41) is 0. The lowest BCUT2D eigenvalue weighted by molar-refractivity contribution is -0.870. The number of nitrogens with zero attached hydrogens (tertiary/aromatic N) is 1. The fourth-order valence-corrected chi connectivity index (χ4v) is 8.04. The number of ether oxygens (including phenoxy) is 2. The van der Waals surface area contributed by atoms with E-state index in [0.717, 1.165) is 32.1 Å². The highest BCUT2D eigenvalue weighted by Crippen LogP contribution is 2.38. The molecule has 0 bridgehead atoms. The van der Waals surface area contributed by atoms with Gasteiger partial charge >= 0.3 is 5.97 Å². The second-order valence-electron chi connectivity index (χ2n) is 18.2. The van der Waals surface area contributed by atoms with Gasteiger partial charge in [-0.15, -0.1) is 0 Å². The second-order valence-corrected chi connectivity index (χ2v) is 19.6. The minimum atomic E-state index is -4.51. The molecule has 0 radical (unpaired) electrons. The minimum absolute atomic E-state index is 0.0312. The summed E-state index contributed by atoms with van der Waals surface area (Å²) in [7, 11) is 1.37. The SMILES string of the molecule is CCCCCCCCCCCCCCCCCCCCCCCCCCCCOCC(COP(=O)([O-])OCC[N+](C)(C)C)OC(=O)CCCCCCCCCCC. The Balaban J connectivity index is 3.91. The molecule has 0 saturated carbocycles. The van der Waals surface area contributed by atoms with Crippen molar-refractivity contribution in [1.82, 2.24) is 0 Å². The lowest BCUT2D eigenvalue weighted by Crippen LogP contribution is -2.37. The van der Waals surface area contributed by atoms with Gasteiger partial charge in [0.2, 0.25) is 0 Å². The zero-order valence-corrected chi connectivity index (χ0v) is 39.7. The van der Waals surface area contributed by atoms with Crippen molar-refractivity contribution in [3.63, 3.8) is 0 Å². The fraction of sp³-hybridized carbons (Fsp3) is 0.979. The van der Waals surface area contributed by atoms with E-state index in [9.17, 15) is 14.3 Å². The van der Waals surface area contributed by atoms with Crippen molar-refractivity contribution < 1.29 is 37.3 Å². The molecular formula is C48H98NO7P. The minimum Gasteiger partial charge on any atom is -0.756 e. The van der Waals surface area contributed by atoms with E-state index in [1.54, 1.807) is 0 Å². The summed E-state index contributed by atoms with van der Waals surface area (Å²) in [6.07, 6.45) is 45.8. The van der Waals surface area contributed by atoms with Crippen molar-refractivity contribution in [3.05, 3.63) is 0 Å². The first-order valence-corrected chi connectivity index (χ1v) is 26.2. The van der Waals surface area contributed by atoms with Crippen molar-refractivity contribution in [2.75, 3.05) is 54.1 Å². The molecule has 0 spiro atoms. The first kappa shape index (κ1) is 56.5. The molecule has 0 aliphatic carbocycles. The van der Waals surface area contributed by atoms with E-state index in [-0.39, 0.29) is 25.8 Å². The maximum atomic E-state index is 12.6. The van der Waals surface area contributed by atoms with Crippen LogP contribution in [0.1, 0.15) is 245 Å². The number of carbonyl (C=O) groups is 1. The molecule has 0 aromatic carbocycles. The number of esters is 1. The Hall–Kier alpha value is -0.500. The highest BCUT2D eigenvalue weighted by molar-refractivity contribution is 7.45. The standard InChI is InChI=1S/C48H98NO7P/c1-6-8-10-12-14-16-17-18-19-20-21-22-23-24-25-26-27-28-29-30-31-32-34-36-38-40-43-53-45-47(46-55-57(51,52)54-44-42-49(3,4)5)56-48(50)41-39-37-35-33-15-13-11-9-7-2/h47H,6-46H2,1-5H3. The third-order valence-corrected chi connectivity index (χ3v) is 12.1. The van der Waals surface area contributed by atoms with E-state index in [0.29, 0.717) is 24.1 Å². The Morgan fingerprint density at radius 2 is 0.807 bits per heavy atom. The van der Waals surface area contributed by atoms with E-state index < -0.39 is 13.9 Å². The summed E-state index contributed by atoms with van der Waals surface area (Å²) < 4.78 is 34.6. The molecular weight excluding hydrogens is 734 g/mol. The van der Waals surface area contributed by atoms with Gasteiger partial charge in [-0.25, -0.2) is 0 Å². The molecule has 0 amide bonds. The maximum Gasteiger partial charge on any atom is 0.306 e. The van der Waals surface area contributed by atoms with Gasteiger partial charge in [0.15, 0.2) is 0 Å². The van der Waals surface area contributed by atoms with Crippen LogP contribution < -0.4 is 4.89 Å². The van der Waals surface area contributed by atoms with E-state index in [2.05, 4.69) is 13.8 Å². The average Bonchev–Trinajstić information content (AvgIpc) is 3.16. The number of hydrogen-bond donors (Lipinski definition) is 0. The average molecular weight is 832 g/mol. The maximum absolute atomic E-state index is 12.6. The number of rotatable bonds is 47. The van der Waals surface area contributed by atoms with Crippen LogP contribution in [0.5, 0.6) is 0 Å². The van der Waals surface area contributed by atoms with E-state index >= 15 is 0 Å². The van der Waals surface area contributed by atoms with Crippen LogP contribution >= 0.6 is 7.82 Å². The third kappa shape index (κ3) is 46.4. The number of hydrogen-bond acceptors (Lipinski definition) is 7. The van der Waals surface area contributed by atoms with Gasteiger partial charge in [0.25, 0.3) is 7.82 Å². The molecule has 0 aromatic rings. The normalized spacial score (nSPS) is 13.6. The number of carbonyl (C=O) groups excluding carboxylic acids is 1. The van der Waals surface area contributed by atoms with Gasteiger partial charge in [-0.3, -0.25) is 9.36 Å². The Morgan fingerprint density at radius 1 is 0.474 bits per heavy atom. The predicted octanol–water partition coefficient (Wildman–Crippen LogP) is 14.2. The van der Waals surface area contributed by atoms with Gasteiger partial charge in [-0.2, -0.15) is 0 Å². The van der Waals surface area contributed by atoms with Crippen LogP contribution in [0.25, 0.3) is 0 Å². The van der Waals surface area contributed by atoms with Gasteiger partial charge in [-0.05, 0) is 12.8 Å². The van der Waals surface area contributed by atoms with Crippen LogP contribution in [-0.4, -0.2) is 70.7 Å². The molecule has 0 saturated heterocycles. The van der Waals surface area contributed by atoms with Gasteiger partial charge in [0, 0.05) is 13.0 Å². The van der Waals surface area contributed by atoms with Gasteiger partial charge in [-0.1, -0.05) is 226 Å².